The number of nitrogens with zero attached hydrogens (tertiary/aromatic N) is 1. The number of carbonyl (C=O) groups excluding carboxylic acids is 2. The van der Waals surface area contributed by atoms with Crippen molar-refractivity contribution in [1.29, 1.82) is 0 Å². The summed E-state index contributed by atoms with van der Waals surface area (Å²) in [5, 5.41) is 7.60. The molecule has 0 aromatic rings. The van der Waals surface area contributed by atoms with Crippen LogP contribution in [0.3, 0.4) is 0 Å². The molecule has 1 heterocycles. The molecule has 0 aromatic carbocycles. The van der Waals surface area contributed by atoms with E-state index >= 15 is 0 Å². The summed E-state index contributed by atoms with van der Waals surface area (Å²) in [6.07, 6.45) is 3.48. The summed E-state index contributed by atoms with van der Waals surface area (Å²) in [6.45, 7) is 7.77. The van der Waals surface area contributed by atoms with Gasteiger partial charge in [-0.05, 0) is 6.42 Å². The number of hydrogen-bond acceptors (Lipinski definition) is 4. The van der Waals surface area contributed by atoms with E-state index in [4.69, 9.17) is 9.84 Å². The number of amides is 1. The Kier molecular flexibility index (Phi) is 7.92. The molecule has 0 aromatic heterocycles. The van der Waals surface area contributed by atoms with Crippen LogP contribution < -0.4 is 0 Å². The van der Waals surface area contributed by atoms with Crippen molar-refractivity contribution in [3.05, 3.63) is 25.3 Å². The van der Waals surface area contributed by atoms with Crippen molar-refractivity contribution in [3.8, 4) is 0 Å². The van der Waals surface area contributed by atoms with Crippen molar-refractivity contribution >= 4 is 17.8 Å². The van der Waals surface area contributed by atoms with Gasteiger partial charge in [0.1, 0.15) is 6.61 Å². The maximum absolute atomic E-state index is 11.1. The van der Waals surface area contributed by atoms with E-state index in [0.717, 1.165) is 25.1 Å². The molecule has 1 amide bonds. The predicted molar refractivity (Wildman–Crippen MR) is 64.8 cm³/mol. The van der Waals surface area contributed by atoms with Gasteiger partial charge in [-0.3, -0.25) is 4.79 Å². The largest absolute Gasteiger partial charge is 0.478 e. The molecule has 18 heavy (non-hydrogen) atoms. The van der Waals surface area contributed by atoms with Crippen molar-refractivity contribution in [1.82, 2.24) is 4.90 Å². The number of esters is 1. The molecule has 100 valence electrons. The third-order valence-corrected chi connectivity index (χ3v) is 2.12. The fourth-order valence-electron chi connectivity index (χ4n) is 1.26. The van der Waals surface area contributed by atoms with Crippen LogP contribution in [0.4, 0.5) is 0 Å². The zero-order valence-corrected chi connectivity index (χ0v) is 10.1. The third kappa shape index (κ3) is 7.21. The minimum Gasteiger partial charge on any atom is -0.478 e. The first-order chi connectivity index (χ1) is 8.51. The highest BCUT2D eigenvalue weighted by molar-refractivity contribution is 5.81. The van der Waals surface area contributed by atoms with E-state index in [1.165, 1.54) is 0 Å². The molecule has 6 heteroatoms. The Labute approximate surface area is 106 Å². The number of aliphatic carboxylic acids is 1. The molecular formula is C12H17NO5. The number of ether oxygens (including phenoxy) is 1. The van der Waals surface area contributed by atoms with Crippen LogP contribution in [0.2, 0.25) is 0 Å². The van der Waals surface area contributed by atoms with Crippen LogP contribution >= 0.6 is 0 Å². The zero-order valence-electron chi connectivity index (χ0n) is 10.1. The van der Waals surface area contributed by atoms with Gasteiger partial charge in [-0.15, -0.1) is 0 Å². The average molecular weight is 255 g/mol. The summed E-state index contributed by atoms with van der Waals surface area (Å²) in [5.41, 5.74) is 0. The van der Waals surface area contributed by atoms with Crippen LogP contribution in [-0.4, -0.2) is 47.5 Å². The van der Waals surface area contributed by atoms with Crippen LogP contribution in [0.15, 0.2) is 25.3 Å². The summed E-state index contributed by atoms with van der Waals surface area (Å²) < 4.78 is 4.75. The second-order valence-corrected chi connectivity index (χ2v) is 3.40. The second kappa shape index (κ2) is 8.98. The van der Waals surface area contributed by atoms with Gasteiger partial charge in [-0.1, -0.05) is 13.2 Å². The lowest BCUT2D eigenvalue weighted by molar-refractivity contribution is -0.140. The fourth-order valence-corrected chi connectivity index (χ4v) is 1.26. The zero-order chi connectivity index (χ0) is 14.0. The monoisotopic (exact) mass is 255 g/mol. The minimum atomic E-state index is -0.981. The number of hydrogen-bond donors (Lipinski definition) is 1. The van der Waals surface area contributed by atoms with Gasteiger partial charge in [0.2, 0.25) is 5.91 Å². The van der Waals surface area contributed by atoms with Gasteiger partial charge in [0.15, 0.2) is 0 Å². The Hall–Kier alpha value is -2.11. The maximum atomic E-state index is 11.1. The average Bonchev–Trinajstić information content (AvgIpc) is 2.75. The van der Waals surface area contributed by atoms with Gasteiger partial charge in [0.25, 0.3) is 0 Å². The van der Waals surface area contributed by atoms with Crippen LogP contribution in [0.5, 0.6) is 0 Å². The van der Waals surface area contributed by atoms with E-state index in [9.17, 15) is 14.4 Å². The number of carbonyl (C=O) groups is 3. The van der Waals surface area contributed by atoms with Crippen LogP contribution in [-0.2, 0) is 19.1 Å². The Morgan fingerprint density at radius 1 is 1.39 bits per heavy atom. The molecule has 1 N–H and O–H groups in total. The van der Waals surface area contributed by atoms with Gasteiger partial charge in [-0.25, -0.2) is 9.59 Å². The van der Waals surface area contributed by atoms with Crippen LogP contribution in [0.1, 0.15) is 12.8 Å². The van der Waals surface area contributed by atoms with E-state index in [-0.39, 0.29) is 12.5 Å². The molecule has 1 aliphatic rings. The molecule has 1 saturated heterocycles. The van der Waals surface area contributed by atoms with Gasteiger partial charge >= 0.3 is 11.9 Å². The Balaban J connectivity index is 0.000000494. The van der Waals surface area contributed by atoms with E-state index in [1.54, 1.807) is 4.90 Å². The summed E-state index contributed by atoms with van der Waals surface area (Å²) in [6, 6.07) is 0. The van der Waals surface area contributed by atoms with Crippen molar-refractivity contribution in [2.75, 3.05) is 19.7 Å². The Bertz CT molecular complexity index is 337. The van der Waals surface area contributed by atoms with E-state index in [1.807, 2.05) is 0 Å². The molecule has 6 nitrogen and oxygen atoms in total. The Morgan fingerprint density at radius 2 is 2.00 bits per heavy atom. The predicted octanol–water partition coefficient (Wildman–Crippen LogP) is 0.595. The first-order valence-electron chi connectivity index (χ1n) is 5.43. The normalized spacial score (nSPS) is 13.3. The maximum Gasteiger partial charge on any atom is 0.330 e. The summed E-state index contributed by atoms with van der Waals surface area (Å²) in [4.78, 5) is 32.7. The molecule has 0 unspecified atom stereocenters. The van der Waals surface area contributed by atoms with Gasteiger partial charge in [0.05, 0.1) is 6.54 Å². The highest BCUT2D eigenvalue weighted by Gasteiger charge is 2.19. The highest BCUT2D eigenvalue weighted by Crippen LogP contribution is 2.08. The highest BCUT2D eigenvalue weighted by atomic mass is 16.5. The molecule has 1 aliphatic heterocycles. The first kappa shape index (κ1) is 15.9. The van der Waals surface area contributed by atoms with Crippen molar-refractivity contribution in [3.63, 3.8) is 0 Å². The molecule has 0 radical (unpaired) electrons. The quantitative estimate of drug-likeness (QED) is 0.574. The Morgan fingerprint density at radius 3 is 2.39 bits per heavy atom. The van der Waals surface area contributed by atoms with E-state index in [0.29, 0.717) is 13.0 Å². The van der Waals surface area contributed by atoms with Gasteiger partial charge in [0, 0.05) is 25.1 Å². The third-order valence-electron chi connectivity index (χ3n) is 2.12. The topological polar surface area (TPSA) is 83.9 Å². The second-order valence-electron chi connectivity index (χ2n) is 3.40. The van der Waals surface area contributed by atoms with Crippen molar-refractivity contribution < 1.29 is 24.2 Å². The number of carboxylic acid groups (broad SMARTS) is 1. The van der Waals surface area contributed by atoms with Crippen LogP contribution in [0, 0.1) is 0 Å². The van der Waals surface area contributed by atoms with Crippen LogP contribution in [0.25, 0.3) is 0 Å². The summed E-state index contributed by atoms with van der Waals surface area (Å²) in [7, 11) is 0. The lowest BCUT2D eigenvalue weighted by atomic mass is 10.4. The number of likely N-dealkylation sites (tertiary alicyclic amines) is 1. The molecule has 0 spiro atoms. The molecule has 1 fully saturated rings. The van der Waals surface area contributed by atoms with Gasteiger partial charge in [-0.2, -0.15) is 0 Å². The smallest absolute Gasteiger partial charge is 0.330 e. The molecule has 1 rings (SSSR count). The van der Waals surface area contributed by atoms with Gasteiger partial charge < -0.3 is 14.7 Å². The fraction of sp³-hybridized carbons (Fsp3) is 0.417. The van der Waals surface area contributed by atoms with E-state index in [2.05, 4.69) is 13.2 Å². The minimum absolute atomic E-state index is 0.148. The van der Waals surface area contributed by atoms with Crippen molar-refractivity contribution in [2.24, 2.45) is 0 Å². The number of carboxylic acids is 1. The van der Waals surface area contributed by atoms with E-state index < -0.39 is 11.9 Å². The first-order valence-corrected chi connectivity index (χ1v) is 5.43. The molecule has 0 saturated carbocycles. The SMILES string of the molecule is C=CC(=O)O.C=CC(=O)OCCN1CCCC1=O. The standard InChI is InChI=1S/C9H13NO3.C3H4O2/c1-2-9(12)13-7-6-10-5-3-4-8(10)11;1-2-3(4)5/h2H,1,3-7H2;2H,1H2,(H,4,5). The summed E-state index contributed by atoms with van der Waals surface area (Å²) in [5.74, 6) is -1.27. The molecule has 0 bridgehead atoms. The number of rotatable bonds is 5. The lowest BCUT2D eigenvalue weighted by Crippen LogP contribution is -2.29. The lowest BCUT2D eigenvalue weighted by Gasteiger charge is -2.14. The molecule has 0 atom stereocenters. The summed E-state index contributed by atoms with van der Waals surface area (Å²) >= 11 is 0. The molecule has 0 aliphatic carbocycles. The van der Waals surface area contributed by atoms with Crippen molar-refractivity contribution in [2.45, 2.75) is 12.8 Å². The molecular weight excluding hydrogens is 238 g/mol.